The summed E-state index contributed by atoms with van der Waals surface area (Å²) >= 11 is 1.34. The molecular weight excluding hydrogens is 344 g/mol. The van der Waals surface area contributed by atoms with Crippen molar-refractivity contribution in [1.29, 1.82) is 0 Å². The van der Waals surface area contributed by atoms with E-state index in [1.54, 1.807) is 30.4 Å². The van der Waals surface area contributed by atoms with Crippen LogP contribution in [0.3, 0.4) is 0 Å². The predicted molar refractivity (Wildman–Crippen MR) is 105 cm³/mol. The molecule has 1 heterocycles. The second kappa shape index (κ2) is 7.93. The van der Waals surface area contributed by atoms with Crippen LogP contribution in [0.25, 0.3) is 6.08 Å². The summed E-state index contributed by atoms with van der Waals surface area (Å²) in [6, 6.07) is 16.4. The number of carbonyl (C=O) groups excluding carboxylic acids is 2. The van der Waals surface area contributed by atoms with Crippen LogP contribution in [-0.4, -0.2) is 11.8 Å². The Bertz CT molecular complexity index is 952. The molecule has 26 heavy (non-hydrogen) atoms. The SMILES string of the molecule is Cc1ccc(C(=O)/C=C/c2ccc(OC(=O)c3cccs3)cc2)c(C)c1. The average molecular weight is 362 g/mol. The quantitative estimate of drug-likeness (QED) is 0.261. The number of ketones is 1. The van der Waals surface area contributed by atoms with Crippen molar-refractivity contribution in [1.82, 2.24) is 0 Å². The molecule has 0 aliphatic heterocycles. The molecule has 0 unspecified atom stereocenters. The van der Waals surface area contributed by atoms with Gasteiger partial charge in [-0.05, 0) is 54.6 Å². The first-order valence-corrected chi connectivity index (χ1v) is 9.06. The molecular formula is C22H18O3S. The minimum atomic E-state index is -0.367. The highest BCUT2D eigenvalue weighted by molar-refractivity contribution is 7.12. The van der Waals surface area contributed by atoms with E-state index in [1.165, 1.54) is 11.3 Å². The fraction of sp³-hybridized carbons (Fsp3) is 0.0909. The first-order valence-electron chi connectivity index (χ1n) is 8.18. The third kappa shape index (κ3) is 4.35. The van der Waals surface area contributed by atoms with Crippen molar-refractivity contribution in [2.45, 2.75) is 13.8 Å². The minimum Gasteiger partial charge on any atom is -0.422 e. The third-order valence-electron chi connectivity index (χ3n) is 3.89. The Hall–Kier alpha value is -2.98. The number of esters is 1. The topological polar surface area (TPSA) is 43.4 Å². The average Bonchev–Trinajstić information content (AvgIpc) is 3.16. The number of hydrogen-bond donors (Lipinski definition) is 0. The molecule has 0 saturated heterocycles. The lowest BCUT2D eigenvalue weighted by atomic mass is 10.0. The Morgan fingerprint density at radius 2 is 1.77 bits per heavy atom. The maximum atomic E-state index is 12.3. The molecule has 2 aromatic carbocycles. The smallest absolute Gasteiger partial charge is 0.353 e. The number of ether oxygens (including phenoxy) is 1. The number of rotatable bonds is 5. The maximum absolute atomic E-state index is 12.3. The summed E-state index contributed by atoms with van der Waals surface area (Å²) in [5.41, 5.74) is 3.67. The number of thiophene rings is 1. The monoisotopic (exact) mass is 362 g/mol. The van der Waals surface area contributed by atoms with Crippen molar-refractivity contribution >= 4 is 29.2 Å². The Morgan fingerprint density at radius 3 is 2.42 bits per heavy atom. The zero-order chi connectivity index (χ0) is 18.5. The molecule has 0 atom stereocenters. The number of benzene rings is 2. The second-order valence-corrected chi connectivity index (χ2v) is 6.90. The molecule has 0 aliphatic carbocycles. The first-order chi connectivity index (χ1) is 12.5. The number of carbonyl (C=O) groups is 2. The van der Waals surface area contributed by atoms with E-state index in [-0.39, 0.29) is 11.8 Å². The molecule has 130 valence electrons. The molecule has 0 fully saturated rings. The van der Waals surface area contributed by atoms with Crippen LogP contribution in [0.4, 0.5) is 0 Å². The van der Waals surface area contributed by atoms with Gasteiger partial charge in [-0.2, -0.15) is 0 Å². The summed E-state index contributed by atoms with van der Waals surface area (Å²) in [5, 5.41) is 1.83. The van der Waals surface area contributed by atoms with Crippen LogP contribution in [0, 0.1) is 13.8 Å². The number of allylic oxidation sites excluding steroid dienone is 1. The molecule has 3 rings (SSSR count). The fourth-order valence-electron chi connectivity index (χ4n) is 2.55. The first kappa shape index (κ1) is 17.8. The van der Waals surface area contributed by atoms with Crippen LogP contribution in [0.2, 0.25) is 0 Å². The highest BCUT2D eigenvalue weighted by Crippen LogP contribution is 2.18. The highest BCUT2D eigenvalue weighted by atomic mass is 32.1. The van der Waals surface area contributed by atoms with Gasteiger partial charge >= 0.3 is 5.97 Å². The standard InChI is InChI=1S/C22H18O3S/c1-15-5-11-19(16(2)14-15)20(23)12-8-17-6-9-18(10-7-17)25-22(24)21-4-3-13-26-21/h3-14H,1-2H3/b12-8+. The van der Waals surface area contributed by atoms with Crippen LogP contribution >= 0.6 is 11.3 Å². The predicted octanol–water partition coefficient (Wildman–Crippen LogP) is 5.48. The van der Waals surface area contributed by atoms with Crippen molar-refractivity contribution in [3.05, 3.63) is 93.2 Å². The molecule has 4 heteroatoms. The lowest BCUT2D eigenvalue weighted by Crippen LogP contribution is -2.06. The van der Waals surface area contributed by atoms with Gasteiger partial charge in [0.25, 0.3) is 0 Å². The summed E-state index contributed by atoms with van der Waals surface area (Å²) in [6.07, 6.45) is 3.32. The Labute approximate surface area is 156 Å². The van der Waals surface area contributed by atoms with Gasteiger partial charge in [0.05, 0.1) is 0 Å². The van der Waals surface area contributed by atoms with E-state index in [4.69, 9.17) is 4.74 Å². The van der Waals surface area contributed by atoms with E-state index in [0.29, 0.717) is 16.2 Å². The van der Waals surface area contributed by atoms with Gasteiger partial charge in [-0.15, -0.1) is 11.3 Å². The molecule has 0 radical (unpaired) electrons. The molecule has 0 N–H and O–H groups in total. The molecule has 1 aromatic heterocycles. The third-order valence-corrected chi connectivity index (χ3v) is 4.74. The largest absolute Gasteiger partial charge is 0.422 e. The summed E-state index contributed by atoms with van der Waals surface area (Å²) < 4.78 is 5.32. The van der Waals surface area contributed by atoms with E-state index in [0.717, 1.165) is 16.7 Å². The van der Waals surface area contributed by atoms with Gasteiger partial charge in [-0.3, -0.25) is 4.79 Å². The van der Waals surface area contributed by atoms with Crippen LogP contribution < -0.4 is 4.74 Å². The molecule has 0 bridgehead atoms. The van der Waals surface area contributed by atoms with E-state index >= 15 is 0 Å². The second-order valence-electron chi connectivity index (χ2n) is 5.95. The van der Waals surface area contributed by atoms with Gasteiger partial charge < -0.3 is 4.74 Å². The van der Waals surface area contributed by atoms with Crippen molar-refractivity contribution in [2.75, 3.05) is 0 Å². The Balaban J connectivity index is 1.66. The zero-order valence-corrected chi connectivity index (χ0v) is 15.4. The summed E-state index contributed by atoms with van der Waals surface area (Å²) in [4.78, 5) is 24.8. The van der Waals surface area contributed by atoms with Crippen LogP contribution in [0.5, 0.6) is 5.75 Å². The van der Waals surface area contributed by atoms with Crippen molar-refractivity contribution in [3.63, 3.8) is 0 Å². The van der Waals surface area contributed by atoms with Gasteiger partial charge in [-0.1, -0.05) is 48.0 Å². The maximum Gasteiger partial charge on any atom is 0.353 e. The van der Waals surface area contributed by atoms with Crippen LogP contribution in [0.1, 0.15) is 36.7 Å². The van der Waals surface area contributed by atoms with Crippen molar-refractivity contribution in [3.8, 4) is 5.75 Å². The molecule has 0 aliphatic rings. The van der Waals surface area contributed by atoms with E-state index in [2.05, 4.69) is 0 Å². The van der Waals surface area contributed by atoms with Gasteiger partial charge in [0.15, 0.2) is 5.78 Å². The summed E-state index contributed by atoms with van der Waals surface area (Å²) in [7, 11) is 0. The van der Waals surface area contributed by atoms with Crippen LogP contribution in [-0.2, 0) is 0 Å². The van der Waals surface area contributed by atoms with Gasteiger partial charge in [-0.25, -0.2) is 4.79 Å². The number of aryl methyl sites for hydroxylation is 2. The lowest BCUT2D eigenvalue weighted by molar-refractivity contribution is 0.0739. The minimum absolute atomic E-state index is 0.0318. The normalized spacial score (nSPS) is 10.8. The van der Waals surface area contributed by atoms with Gasteiger partial charge in [0.2, 0.25) is 0 Å². The van der Waals surface area contributed by atoms with Crippen molar-refractivity contribution < 1.29 is 14.3 Å². The summed E-state index contributed by atoms with van der Waals surface area (Å²) in [5.74, 6) is 0.0743. The van der Waals surface area contributed by atoms with E-state index in [1.807, 2.05) is 55.6 Å². The van der Waals surface area contributed by atoms with Gasteiger partial charge in [0, 0.05) is 5.56 Å². The molecule has 3 aromatic rings. The van der Waals surface area contributed by atoms with E-state index in [9.17, 15) is 9.59 Å². The molecule has 0 spiro atoms. The van der Waals surface area contributed by atoms with Crippen molar-refractivity contribution in [2.24, 2.45) is 0 Å². The lowest BCUT2D eigenvalue weighted by Gasteiger charge is -2.04. The van der Waals surface area contributed by atoms with E-state index < -0.39 is 0 Å². The zero-order valence-electron chi connectivity index (χ0n) is 14.6. The number of hydrogen-bond acceptors (Lipinski definition) is 4. The highest BCUT2D eigenvalue weighted by Gasteiger charge is 2.09. The summed E-state index contributed by atoms with van der Waals surface area (Å²) in [6.45, 7) is 3.94. The molecule has 3 nitrogen and oxygen atoms in total. The van der Waals surface area contributed by atoms with Gasteiger partial charge in [0.1, 0.15) is 10.6 Å². The molecule has 0 saturated carbocycles. The Kier molecular flexibility index (Phi) is 5.44. The molecule has 0 amide bonds. The Morgan fingerprint density at radius 1 is 1.00 bits per heavy atom. The van der Waals surface area contributed by atoms with Crippen LogP contribution in [0.15, 0.2) is 66.1 Å². The fourth-order valence-corrected chi connectivity index (χ4v) is 3.15.